The summed E-state index contributed by atoms with van der Waals surface area (Å²) in [5.41, 5.74) is 0.824. The summed E-state index contributed by atoms with van der Waals surface area (Å²) >= 11 is 5.44. The van der Waals surface area contributed by atoms with Crippen LogP contribution in [0.2, 0.25) is 0 Å². The van der Waals surface area contributed by atoms with E-state index in [1.807, 2.05) is 36.0 Å². The first-order valence-corrected chi connectivity index (χ1v) is 8.94. The molecule has 2 rings (SSSR count). The van der Waals surface area contributed by atoms with Crippen molar-refractivity contribution in [3.63, 3.8) is 0 Å². The van der Waals surface area contributed by atoms with Crippen LogP contribution in [-0.2, 0) is 4.79 Å². The Morgan fingerprint density at radius 3 is 2.95 bits per heavy atom. The molecule has 1 aromatic carbocycles. The Kier molecular flexibility index (Phi) is 6.39. The fourth-order valence-corrected chi connectivity index (χ4v) is 4.16. The number of amides is 1. The lowest BCUT2D eigenvalue weighted by atomic mass is 10.2. The molecule has 2 N–H and O–H groups in total. The van der Waals surface area contributed by atoms with E-state index in [-0.39, 0.29) is 5.91 Å². The van der Waals surface area contributed by atoms with Crippen molar-refractivity contribution in [3.05, 3.63) is 28.7 Å². The topological polar surface area (TPSA) is 41.1 Å². The van der Waals surface area contributed by atoms with Crippen molar-refractivity contribution in [2.45, 2.75) is 37.5 Å². The molecule has 5 heteroatoms. The average Bonchev–Trinajstić information content (AvgIpc) is 2.87. The highest BCUT2D eigenvalue weighted by molar-refractivity contribution is 9.10. The predicted octanol–water partition coefficient (Wildman–Crippen LogP) is 3.65. The molecule has 0 heterocycles. The number of para-hydroxylation sites is 1. The minimum absolute atomic E-state index is 0.0176. The zero-order chi connectivity index (χ0) is 14.4. The molecule has 2 unspecified atom stereocenters. The Labute approximate surface area is 133 Å². The Morgan fingerprint density at radius 2 is 2.20 bits per heavy atom. The number of nitrogens with one attached hydrogen (secondary N) is 2. The highest BCUT2D eigenvalue weighted by Crippen LogP contribution is 2.29. The van der Waals surface area contributed by atoms with E-state index in [0.29, 0.717) is 17.8 Å². The third-order valence-corrected chi connectivity index (χ3v) is 5.52. The number of anilines is 1. The monoisotopic (exact) mass is 356 g/mol. The van der Waals surface area contributed by atoms with Gasteiger partial charge in [-0.3, -0.25) is 4.79 Å². The number of hydrogen-bond donors (Lipinski definition) is 2. The lowest BCUT2D eigenvalue weighted by Crippen LogP contribution is -2.39. The van der Waals surface area contributed by atoms with Gasteiger partial charge in [-0.15, -0.1) is 0 Å². The van der Waals surface area contributed by atoms with Gasteiger partial charge in [-0.25, -0.2) is 0 Å². The second-order valence-corrected chi connectivity index (χ2v) is 7.31. The Morgan fingerprint density at radius 1 is 1.40 bits per heavy atom. The van der Waals surface area contributed by atoms with Crippen LogP contribution in [0.3, 0.4) is 0 Å². The van der Waals surface area contributed by atoms with E-state index in [2.05, 4.69) is 33.5 Å². The van der Waals surface area contributed by atoms with Crippen LogP contribution in [0.25, 0.3) is 0 Å². The van der Waals surface area contributed by atoms with Gasteiger partial charge in [0.05, 0.1) is 12.2 Å². The van der Waals surface area contributed by atoms with E-state index in [9.17, 15) is 4.79 Å². The lowest BCUT2D eigenvalue weighted by molar-refractivity contribution is -0.115. The van der Waals surface area contributed by atoms with E-state index < -0.39 is 0 Å². The molecule has 0 spiro atoms. The quantitative estimate of drug-likeness (QED) is 0.817. The highest BCUT2D eigenvalue weighted by Gasteiger charge is 2.26. The summed E-state index contributed by atoms with van der Waals surface area (Å²) in [7, 11) is 0. The maximum atomic E-state index is 12.0. The minimum atomic E-state index is 0.0176. The zero-order valence-corrected chi connectivity index (χ0v) is 14.1. The summed E-state index contributed by atoms with van der Waals surface area (Å²) in [5, 5.41) is 7.00. The summed E-state index contributed by atoms with van der Waals surface area (Å²) < 4.78 is 0.911. The number of hydrogen-bond acceptors (Lipinski definition) is 3. The fraction of sp³-hybridized carbons (Fsp3) is 0.533. The van der Waals surface area contributed by atoms with Crippen LogP contribution in [0.1, 0.15) is 26.2 Å². The second-order valence-electron chi connectivity index (χ2n) is 4.94. The summed E-state index contributed by atoms with van der Waals surface area (Å²) in [6, 6.07) is 8.15. The molecule has 1 fully saturated rings. The van der Waals surface area contributed by atoms with Crippen molar-refractivity contribution in [2.75, 3.05) is 17.6 Å². The summed E-state index contributed by atoms with van der Waals surface area (Å²) in [6.45, 7) is 2.58. The minimum Gasteiger partial charge on any atom is -0.324 e. The molecule has 20 heavy (non-hydrogen) atoms. The van der Waals surface area contributed by atoms with Crippen LogP contribution >= 0.6 is 27.7 Å². The SMILES string of the molecule is CCSC1CCCC1NCC(=O)Nc1ccccc1Br. The van der Waals surface area contributed by atoms with Gasteiger partial charge in [-0.2, -0.15) is 11.8 Å². The molecule has 0 aliphatic heterocycles. The van der Waals surface area contributed by atoms with Crippen molar-refractivity contribution in [1.82, 2.24) is 5.32 Å². The maximum absolute atomic E-state index is 12.0. The smallest absolute Gasteiger partial charge is 0.238 e. The van der Waals surface area contributed by atoms with Crippen molar-refractivity contribution in [3.8, 4) is 0 Å². The molecule has 1 aromatic rings. The van der Waals surface area contributed by atoms with Gasteiger partial charge in [-0.1, -0.05) is 25.5 Å². The molecule has 1 saturated carbocycles. The summed E-state index contributed by atoms with van der Waals surface area (Å²) in [6.07, 6.45) is 3.71. The first kappa shape index (κ1) is 15.9. The van der Waals surface area contributed by atoms with E-state index in [4.69, 9.17) is 0 Å². The molecule has 1 aliphatic carbocycles. The van der Waals surface area contributed by atoms with E-state index in [0.717, 1.165) is 15.9 Å². The molecular formula is C15H21BrN2OS. The van der Waals surface area contributed by atoms with Gasteiger partial charge in [0.2, 0.25) is 5.91 Å². The Balaban J connectivity index is 1.79. The molecule has 110 valence electrons. The van der Waals surface area contributed by atoms with Crippen molar-refractivity contribution in [1.29, 1.82) is 0 Å². The first-order valence-electron chi connectivity index (χ1n) is 7.10. The van der Waals surface area contributed by atoms with Gasteiger partial charge in [0.1, 0.15) is 0 Å². The summed E-state index contributed by atoms with van der Waals surface area (Å²) in [5.74, 6) is 1.16. The maximum Gasteiger partial charge on any atom is 0.238 e. The molecule has 1 aliphatic rings. The predicted molar refractivity (Wildman–Crippen MR) is 90.3 cm³/mol. The average molecular weight is 357 g/mol. The number of halogens is 1. The van der Waals surface area contributed by atoms with Crippen LogP contribution in [0.4, 0.5) is 5.69 Å². The Hall–Kier alpha value is -0.520. The van der Waals surface area contributed by atoms with Crippen LogP contribution in [0, 0.1) is 0 Å². The van der Waals surface area contributed by atoms with Crippen molar-refractivity contribution < 1.29 is 4.79 Å². The van der Waals surface area contributed by atoms with Crippen LogP contribution in [0.5, 0.6) is 0 Å². The van der Waals surface area contributed by atoms with E-state index in [1.54, 1.807) is 0 Å². The van der Waals surface area contributed by atoms with Gasteiger partial charge in [0.15, 0.2) is 0 Å². The number of carbonyl (C=O) groups excluding carboxylic acids is 1. The molecular weight excluding hydrogens is 336 g/mol. The third kappa shape index (κ3) is 4.50. The van der Waals surface area contributed by atoms with Crippen LogP contribution in [-0.4, -0.2) is 29.5 Å². The van der Waals surface area contributed by atoms with Gasteiger partial charge in [0.25, 0.3) is 0 Å². The van der Waals surface area contributed by atoms with Gasteiger partial charge in [-0.05, 0) is 46.7 Å². The van der Waals surface area contributed by atoms with Gasteiger partial charge < -0.3 is 10.6 Å². The summed E-state index contributed by atoms with van der Waals surface area (Å²) in [4.78, 5) is 12.0. The number of rotatable bonds is 6. The molecule has 0 bridgehead atoms. The van der Waals surface area contributed by atoms with E-state index >= 15 is 0 Å². The normalized spacial score (nSPS) is 21.9. The molecule has 3 nitrogen and oxygen atoms in total. The molecule has 0 radical (unpaired) electrons. The standard InChI is InChI=1S/C15H21BrN2OS/c1-2-20-14-9-5-8-13(14)17-10-15(19)18-12-7-4-3-6-11(12)16/h3-4,6-7,13-14,17H,2,5,8-10H2,1H3,(H,18,19). The van der Waals surface area contributed by atoms with Gasteiger partial charge in [0, 0.05) is 15.8 Å². The number of thioether (sulfide) groups is 1. The van der Waals surface area contributed by atoms with Crippen molar-refractivity contribution in [2.24, 2.45) is 0 Å². The van der Waals surface area contributed by atoms with E-state index in [1.165, 1.54) is 19.3 Å². The number of carbonyl (C=O) groups is 1. The molecule has 2 atom stereocenters. The largest absolute Gasteiger partial charge is 0.324 e. The Bertz CT molecular complexity index is 455. The van der Waals surface area contributed by atoms with Gasteiger partial charge >= 0.3 is 0 Å². The third-order valence-electron chi connectivity index (χ3n) is 3.51. The number of benzene rings is 1. The molecule has 0 saturated heterocycles. The fourth-order valence-electron chi connectivity index (χ4n) is 2.55. The molecule has 0 aromatic heterocycles. The lowest BCUT2D eigenvalue weighted by Gasteiger charge is -2.20. The van der Waals surface area contributed by atoms with Crippen LogP contribution < -0.4 is 10.6 Å². The highest BCUT2D eigenvalue weighted by atomic mass is 79.9. The second kappa shape index (κ2) is 8.05. The zero-order valence-electron chi connectivity index (χ0n) is 11.7. The molecule has 1 amide bonds. The van der Waals surface area contributed by atoms with Crippen molar-refractivity contribution >= 4 is 39.3 Å². The first-order chi connectivity index (χ1) is 9.70. The van der Waals surface area contributed by atoms with Crippen LogP contribution in [0.15, 0.2) is 28.7 Å².